The lowest BCUT2D eigenvalue weighted by atomic mass is 10.2. The van der Waals surface area contributed by atoms with Crippen molar-refractivity contribution < 1.29 is 14.3 Å². The third-order valence-electron chi connectivity index (χ3n) is 2.92. The van der Waals surface area contributed by atoms with Crippen LogP contribution >= 0.6 is 0 Å². The molecule has 0 aliphatic rings. The highest BCUT2D eigenvalue weighted by molar-refractivity contribution is 6.01. The Morgan fingerprint density at radius 1 is 1.13 bits per heavy atom. The monoisotopic (exact) mass is 310 g/mol. The molecule has 0 saturated heterocycles. The van der Waals surface area contributed by atoms with Crippen LogP contribution in [0.3, 0.4) is 0 Å². The topological polar surface area (TPSA) is 68.3 Å². The van der Waals surface area contributed by atoms with E-state index in [1.54, 1.807) is 30.3 Å². The molecule has 0 fully saturated rings. The Morgan fingerprint density at radius 2 is 1.83 bits per heavy atom. The highest BCUT2D eigenvalue weighted by Crippen LogP contribution is 2.14. The van der Waals surface area contributed by atoms with Crippen molar-refractivity contribution in [2.45, 2.75) is 20.8 Å². The summed E-state index contributed by atoms with van der Waals surface area (Å²) >= 11 is 0. The van der Waals surface area contributed by atoms with Crippen molar-refractivity contribution >= 4 is 23.8 Å². The summed E-state index contributed by atoms with van der Waals surface area (Å²) in [6.07, 6.45) is 3.11. The highest BCUT2D eigenvalue weighted by Gasteiger charge is 2.01. The van der Waals surface area contributed by atoms with E-state index in [1.807, 2.05) is 26.0 Å². The number of hydrogen-bond donors (Lipinski definition) is 1. The number of nitrogens with one attached hydrogen (secondary N) is 1. The number of aromatic nitrogens is 1. The number of aryl methyl sites for hydroxylation is 2. The quantitative estimate of drug-likeness (QED) is 0.534. The minimum atomic E-state index is -0.367. The molecule has 0 atom stereocenters. The minimum absolute atomic E-state index is 0.258. The number of hydrogen-bond acceptors (Lipinski definition) is 4. The molecular weight excluding hydrogens is 292 g/mol. The van der Waals surface area contributed by atoms with Crippen LogP contribution in [-0.2, 0) is 9.59 Å². The summed E-state index contributed by atoms with van der Waals surface area (Å²) in [5.74, 6) is 0.376. The van der Waals surface area contributed by atoms with Gasteiger partial charge in [0, 0.05) is 18.7 Å². The predicted molar refractivity (Wildman–Crippen MR) is 89.1 cm³/mol. The maximum Gasteiger partial charge on any atom is 0.308 e. The van der Waals surface area contributed by atoms with E-state index in [4.69, 9.17) is 4.74 Å². The number of anilines is 1. The van der Waals surface area contributed by atoms with Crippen molar-refractivity contribution in [2.75, 3.05) is 5.32 Å². The van der Waals surface area contributed by atoms with Crippen molar-refractivity contribution in [3.05, 3.63) is 59.3 Å². The van der Waals surface area contributed by atoms with Gasteiger partial charge in [-0.3, -0.25) is 9.59 Å². The van der Waals surface area contributed by atoms with Crippen molar-refractivity contribution in [2.24, 2.45) is 0 Å². The zero-order valence-electron chi connectivity index (χ0n) is 13.3. The number of ether oxygens (including phenoxy) is 1. The molecule has 1 N–H and O–H groups in total. The van der Waals surface area contributed by atoms with Gasteiger partial charge in [0.15, 0.2) is 0 Å². The fourth-order valence-electron chi connectivity index (χ4n) is 2.06. The third-order valence-corrected chi connectivity index (χ3v) is 2.92. The number of pyridine rings is 1. The Labute approximate surface area is 135 Å². The summed E-state index contributed by atoms with van der Waals surface area (Å²) in [6, 6.07) is 10.6. The van der Waals surface area contributed by atoms with Gasteiger partial charge in [0.05, 0.1) is 0 Å². The van der Waals surface area contributed by atoms with E-state index in [-0.39, 0.29) is 11.9 Å². The second-order valence-electron chi connectivity index (χ2n) is 5.16. The average molecular weight is 310 g/mol. The molecule has 0 spiro atoms. The number of carbonyl (C=O) groups excluding carboxylic acids is 2. The van der Waals surface area contributed by atoms with Crippen molar-refractivity contribution in [3.63, 3.8) is 0 Å². The molecule has 0 saturated carbocycles. The van der Waals surface area contributed by atoms with Crippen LogP contribution in [0.5, 0.6) is 5.75 Å². The van der Waals surface area contributed by atoms with E-state index in [0.717, 1.165) is 16.8 Å². The summed E-state index contributed by atoms with van der Waals surface area (Å²) in [7, 11) is 0. The van der Waals surface area contributed by atoms with Crippen molar-refractivity contribution in [1.29, 1.82) is 0 Å². The molecule has 2 aromatic rings. The summed E-state index contributed by atoms with van der Waals surface area (Å²) in [6.45, 7) is 5.17. The fourth-order valence-corrected chi connectivity index (χ4v) is 2.06. The number of amides is 1. The Kier molecular flexibility index (Phi) is 5.25. The lowest BCUT2D eigenvalue weighted by molar-refractivity contribution is -0.131. The number of nitrogens with zero attached hydrogens (tertiary/aromatic N) is 1. The van der Waals surface area contributed by atoms with Crippen LogP contribution in [0, 0.1) is 13.8 Å². The van der Waals surface area contributed by atoms with Crippen LogP contribution < -0.4 is 10.1 Å². The predicted octanol–water partition coefficient (Wildman–Crippen LogP) is 3.28. The Hall–Kier alpha value is -2.95. The number of rotatable bonds is 4. The van der Waals surface area contributed by atoms with Gasteiger partial charge in [0.2, 0.25) is 5.91 Å². The molecule has 0 aliphatic heterocycles. The molecule has 0 aliphatic carbocycles. The van der Waals surface area contributed by atoms with E-state index < -0.39 is 0 Å². The van der Waals surface area contributed by atoms with E-state index >= 15 is 0 Å². The molecule has 2 rings (SSSR count). The summed E-state index contributed by atoms with van der Waals surface area (Å²) in [5.41, 5.74) is 2.72. The number of carbonyl (C=O) groups is 2. The molecule has 5 nitrogen and oxygen atoms in total. The first kappa shape index (κ1) is 16.4. The third kappa shape index (κ3) is 5.39. The maximum atomic E-state index is 11.9. The van der Waals surface area contributed by atoms with Gasteiger partial charge in [0.1, 0.15) is 11.6 Å². The van der Waals surface area contributed by atoms with Crippen molar-refractivity contribution in [1.82, 2.24) is 4.98 Å². The Bertz CT molecular complexity index is 729. The van der Waals surface area contributed by atoms with Crippen LogP contribution in [-0.4, -0.2) is 16.9 Å². The van der Waals surface area contributed by atoms with E-state index in [2.05, 4.69) is 10.3 Å². The number of esters is 1. The van der Waals surface area contributed by atoms with E-state index in [0.29, 0.717) is 11.6 Å². The van der Waals surface area contributed by atoms with Gasteiger partial charge in [-0.05, 0) is 55.3 Å². The zero-order valence-corrected chi connectivity index (χ0v) is 13.3. The van der Waals surface area contributed by atoms with Crippen LogP contribution in [0.4, 0.5) is 5.82 Å². The summed E-state index contributed by atoms with van der Waals surface area (Å²) in [4.78, 5) is 27.0. The normalized spacial score (nSPS) is 10.6. The van der Waals surface area contributed by atoms with Gasteiger partial charge in [-0.2, -0.15) is 0 Å². The van der Waals surface area contributed by atoms with Crippen LogP contribution in [0.2, 0.25) is 0 Å². The van der Waals surface area contributed by atoms with Gasteiger partial charge in [-0.15, -0.1) is 0 Å². The summed E-state index contributed by atoms with van der Waals surface area (Å²) < 4.78 is 4.95. The Morgan fingerprint density at radius 3 is 2.43 bits per heavy atom. The zero-order chi connectivity index (χ0) is 16.8. The van der Waals surface area contributed by atoms with Crippen LogP contribution in [0.15, 0.2) is 42.5 Å². The summed E-state index contributed by atoms with van der Waals surface area (Å²) in [5, 5.41) is 2.73. The number of benzene rings is 1. The smallest absolute Gasteiger partial charge is 0.308 e. The van der Waals surface area contributed by atoms with Crippen LogP contribution in [0.25, 0.3) is 6.08 Å². The average Bonchev–Trinajstić information content (AvgIpc) is 2.45. The Balaban J connectivity index is 1.99. The second-order valence-corrected chi connectivity index (χ2v) is 5.16. The first-order chi connectivity index (χ1) is 10.9. The van der Waals surface area contributed by atoms with Gasteiger partial charge in [-0.25, -0.2) is 4.98 Å². The highest BCUT2D eigenvalue weighted by atomic mass is 16.5. The fraction of sp³-hybridized carbons (Fsp3) is 0.167. The molecule has 118 valence electrons. The van der Waals surface area contributed by atoms with Gasteiger partial charge in [0.25, 0.3) is 0 Å². The molecule has 0 unspecified atom stereocenters. The maximum absolute atomic E-state index is 11.9. The first-order valence-electron chi connectivity index (χ1n) is 7.15. The minimum Gasteiger partial charge on any atom is -0.427 e. The molecule has 0 radical (unpaired) electrons. The molecule has 1 amide bonds. The van der Waals surface area contributed by atoms with E-state index in [1.165, 1.54) is 13.0 Å². The van der Waals surface area contributed by atoms with Gasteiger partial charge >= 0.3 is 5.97 Å². The molecule has 1 aromatic heterocycles. The lowest BCUT2D eigenvalue weighted by Gasteiger charge is -2.04. The van der Waals surface area contributed by atoms with Crippen LogP contribution in [0.1, 0.15) is 23.7 Å². The second kappa shape index (κ2) is 7.35. The first-order valence-corrected chi connectivity index (χ1v) is 7.15. The van der Waals surface area contributed by atoms with Crippen molar-refractivity contribution in [3.8, 4) is 5.75 Å². The molecule has 1 aromatic carbocycles. The molecule has 1 heterocycles. The molecule has 5 heteroatoms. The van der Waals surface area contributed by atoms with Gasteiger partial charge in [-0.1, -0.05) is 12.1 Å². The molecule has 23 heavy (non-hydrogen) atoms. The standard InChI is InChI=1S/C18H18N2O3/c1-12-10-13(2)19-17(11-12)20-18(22)9-6-15-4-7-16(8-5-15)23-14(3)21/h4-11H,1-3H3,(H,19,20,22)/b9-6+. The molecular formula is C18H18N2O3. The lowest BCUT2D eigenvalue weighted by Crippen LogP contribution is -2.09. The van der Waals surface area contributed by atoms with Gasteiger partial charge < -0.3 is 10.1 Å². The SMILES string of the molecule is CC(=O)Oc1ccc(/C=C/C(=O)Nc2cc(C)cc(C)n2)cc1. The largest absolute Gasteiger partial charge is 0.427 e. The molecule has 0 bridgehead atoms. The van der Waals surface area contributed by atoms with E-state index in [9.17, 15) is 9.59 Å².